The van der Waals surface area contributed by atoms with E-state index in [1.807, 2.05) is 0 Å². The number of aromatic nitrogens is 2. The standard InChI is InChI=1S/C15H23F3N4/c16-15(17,18)13(22-7-1-2-8-22)9-12-10-20-14(21-12)11-3-5-19-6-4-11/h10-11,13,19H,1-9H2,(H,20,21). The lowest BCUT2D eigenvalue weighted by Crippen LogP contribution is -2.45. The number of likely N-dealkylation sites (tertiary alicyclic amines) is 1. The Balaban J connectivity index is 1.68. The van der Waals surface area contributed by atoms with Crippen molar-refractivity contribution in [3.05, 3.63) is 17.7 Å². The molecule has 1 atom stereocenters. The van der Waals surface area contributed by atoms with Crippen LogP contribution in [-0.2, 0) is 6.42 Å². The van der Waals surface area contributed by atoms with Gasteiger partial charge in [0, 0.05) is 24.2 Å². The Morgan fingerprint density at radius 1 is 1.23 bits per heavy atom. The van der Waals surface area contributed by atoms with Crippen LogP contribution in [0.3, 0.4) is 0 Å². The maximum atomic E-state index is 13.3. The van der Waals surface area contributed by atoms with Crippen molar-refractivity contribution in [3.8, 4) is 0 Å². The highest BCUT2D eigenvalue weighted by Gasteiger charge is 2.44. The van der Waals surface area contributed by atoms with E-state index >= 15 is 0 Å². The number of rotatable bonds is 4. The van der Waals surface area contributed by atoms with Crippen LogP contribution < -0.4 is 5.32 Å². The molecule has 0 spiro atoms. The summed E-state index contributed by atoms with van der Waals surface area (Å²) in [6.07, 6.45) is 1.06. The summed E-state index contributed by atoms with van der Waals surface area (Å²) >= 11 is 0. The molecule has 3 rings (SSSR count). The summed E-state index contributed by atoms with van der Waals surface area (Å²) in [4.78, 5) is 9.04. The van der Waals surface area contributed by atoms with E-state index in [-0.39, 0.29) is 6.42 Å². The highest BCUT2D eigenvalue weighted by atomic mass is 19.4. The van der Waals surface area contributed by atoms with Crippen molar-refractivity contribution in [1.29, 1.82) is 0 Å². The number of piperidine rings is 1. The normalized spacial score (nSPS) is 23.0. The number of H-pyrrole nitrogens is 1. The van der Waals surface area contributed by atoms with Crippen LogP contribution >= 0.6 is 0 Å². The topological polar surface area (TPSA) is 44.0 Å². The van der Waals surface area contributed by atoms with E-state index in [4.69, 9.17) is 0 Å². The van der Waals surface area contributed by atoms with Crippen molar-refractivity contribution >= 4 is 0 Å². The smallest absolute Gasteiger partial charge is 0.346 e. The fraction of sp³-hybridized carbons (Fsp3) is 0.800. The van der Waals surface area contributed by atoms with Gasteiger partial charge in [0.05, 0.1) is 0 Å². The molecule has 7 heteroatoms. The monoisotopic (exact) mass is 316 g/mol. The second kappa shape index (κ2) is 6.58. The van der Waals surface area contributed by atoms with Gasteiger partial charge in [0.2, 0.25) is 0 Å². The van der Waals surface area contributed by atoms with E-state index in [9.17, 15) is 13.2 Å². The molecule has 0 amide bonds. The van der Waals surface area contributed by atoms with Crippen LogP contribution in [0.5, 0.6) is 0 Å². The molecule has 2 N–H and O–H groups in total. The lowest BCUT2D eigenvalue weighted by atomic mass is 9.98. The second-order valence-electron chi connectivity index (χ2n) is 6.32. The summed E-state index contributed by atoms with van der Waals surface area (Å²) < 4.78 is 40.0. The van der Waals surface area contributed by atoms with Gasteiger partial charge < -0.3 is 10.3 Å². The minimum atomic E-state index is -4.19. The van der Waals surface area contributed by atoms with Crippen molar-refractivity contribution in [2.45, 2.75) is 50.2 Å². The van der Waals surface area contributed by atoms with E-state index in [2.05, 4.69) is 15.3 Å². The summed E-state index contributed by atoms with van der Waals surface area (Å²) in [6, 6.07) is -1.39. The Hall–Kier alpha value is -1.08. The first-order valence-electron chi connectivity index (χ1n) is 8.09. The molecule has 1 aromatic rings. The van der Waals surface area contributed by atoms with Gasteiger partial charge in [-0.25, -0.2) is 4.98 Å². The van der Waals surface area contributed by atoms with Crippen molar-refractivity contribution in [2.24, 2.45) is 0 Å². The van der Waals surface area contributed by atoms with Gasteiger partial charge in [-0.3, -0.25) is 4.90 Å². The number of hydrogen-bond acceptors (Lipinski definition) is 3. The van der Waals surface area contributed by atoms with Crippen LogP contribution in [0.15, 0.2) is 6.20 Å². The molecule has 4 nitrogen and oxygen atoms in total. The molecule has 2 aliphatic rings. The Bertz CT molecular complexity index is 473. The number of alkyl halides is 3. The maximum absolute atomic E-state index is 13.3. The van der Waals surface area contributed by atoms with Crippen LogP contribution in [0.25, 0.3) is 0 Å². The van der Waals surface area contributed by atoms with Gasteiger partial charge in [-0.15, -0.1) is 0 Å². The van der Waals surface area contributed by atoms with Crippen molar-refractivity contribution in [3.63, 3.8) is 0 Å². The molecule has 124 valence electrons. The minimum Gasteiger partial charge on any atom is -0.346 e. The molecule has 1 aromatic heterocycles. The van der Waals surface area contributed by atoms with Gasteiger partial charge in [0.1, 0.15) is 11.9 Å². The van der Waals surface area contributed by atoms with Crippen LogP contribution in [0.4, 0.5) is 13.2 Å². The summed E-state index contributed by atoms with van der Waals surface area (Å²) in [5, 5.41) is 3.28. The molecule has 0 aliphatic carbocycles. The average molecular weight is 316 g/mol. The zero-order chi connectivity index (χ0) is 15.6. The summed E-state index contributed by atoms with van der Waals surface area (Å²) in [5.41, 5.74) is 0.600. The number of nitrogens with zero attached hydrogens (tertiary/aromatic N) is 2. The third-order valence-corrected chi connectivity index (χ3v) is 4.75. The molecular formula is C15H23F3N4. The molecule has 2 saturated heterocycles. The third kappa shape index (κ3) is 3.63. The first kappa shape index (κ1) is 15.8. The Labute approximate surface area is 128 Å². The van der Waals surface area contributed by atoms with E-state index in [0.717, 1.165) is 44.6 Å². The fourth-order valence-corrected chi connectivity index (χ4v) is 3.50. The van der Waals surface area contributed by atoms with Crippen molar-refractivity contribution in [1.82, 2.24) is 20.2 Å². The van der Waals surface area contributed by atoms with Gasteiger partial charge in [-0.05, 0) is 51.9 Å². The molecule has 2 aliphatic heterocycles. The van der Waals surface area contributed by atoms with Gasteiger partial charge in [-0.1, -0.05) is 0 Å². The molecule has 2 fully saturated rings. The number of halogens is 3. The summed E-state index contributed by atoms with van der Waals surface area (Å²) in [7, 11) is 0. The number of nitrogens with one attached hydrogen (secondary N) is 2. The van der Waals surface area contributed by atoms with Crippen LogP contribution in [0.2, 0.25) is 0 Å². The Morgan fingerprint density at radius 2 is 1.91 bits per heavy atom. The highest BCUT2D eigenvalue weighted by molar-refractivity contribution is 5.09. The van der Waals surface area contributed by atoms with E-state index in [1.54, 1.807) is 11.1 Å². The zero-order valence-electron chi connectivity index (χ0n) is 12.6. The molecular weight excluding hydrogens is 293 g/mol. The first-order valence-corrected chi connectivity index (χ1v) is 8.09. The van der Waals surface area contributed by atoms with E-state index < -0.39 is 12.2 Å². The molecule has 0 saturated carbocycles. The van der Waals surface area contributed by atoms with Crippen LogP contribution in [0.1, 0.15) is 43.1 Å². The van der Waals surface area contributed by atoms with Gasteiger partial charge >= 0.3 is 6.18 Å². The molecule has 22 heavy (non-hydrogen) atoms. The molecule has 1 unspecified atom stereocenters. The minimum absolute atomic E-state index is 0.0263. The largest absolute Gasteiger partial charge is 0.404 e. The van der Waals surface area contributed by atoms with Gasteiger partial charge in [0.15, 0.2) is 0 Å². The Kier molecular flexibility index (Phi) is 4.73. The second-order valence-corrected chi connectivity index (χ2v) is 6.32. The maximum Gasteiger partial charge on any atom is 0.404 e. The summed E-state index contributed by atoms with van der Waals surface area (Å²) in [6.45, 7) is 2.97. The number of hydrogen-bond donors (Lipinski definition) is 2. The lowest BCUT2D eigenvalue weighted by Gasteiger charge is -2.29. The SMILES string of the molecule is FC(F)(F)C(Cc1cnc(C2CCNCC2)[nH]1)N1CCCC1. The number of imidazole rings is 1. The third-order valence-electron chi connectivity index (χ3n) is 4.75. The summed E-state index contributed by atoms with van der Waals surface area (Å²) in [5.74, 6) is 1.19. The first-order chi connectivity index (χ1) is 10.5. The Morgan fingerprint density at radius 3 is 2.55 bits per heavy atom. The molecule has 0 bridgehead atoms. The van der Waals surface area contributed by atoms with Crippen LogP contribution in [0, 0.1) is 0 Å². The highest BCUT2D eigenvalue weighted by Crippen LogP contribution is 2.30. The predicted molar refractivity (Wildman–Crippen MR) is 77.8 cm³/mol. The number of aromatic amines is 1. The lowest BCUT2D eigenvalue weighted by molar-refractivity contribution is -0.180. The molecule has 0 aromatic carbocycles. The molecule has 3 heterocycles. The van der Waals surface area contributed by atoms with Gasteiger partial charge in [0.25, 0.3) is 0 Å². The van der Waals surface area contributed by atoms with Crippen LogP contribution in [-0.4, -0.2) is 53.3 Å². The van der Waals surface area contributed by atoms with Gasteiger partial charge in [-0.2, -0.15) is 13.2 Å². The molecule has 0 radical (unpaired) electrons. The van der Waals surface area contributed by atoms with Crippen molar-refractivity contribution < 1.29 is 13.2 Å². The quantitative estimate of drug-likeness (QED) is 0.897. The van der Waals surface area contributed by atoms with Crippen molar-refractivity contribution in [2.75, 3.05) is 26.2 Å². The fourth-order valence-electron chi connectivity index (χ4n) is 3.50. The zero-order valence-corrected chi connectivity index (χ0v) is 12.6. The predicted octanol–water partition coefficient (Wildman–Crippen LogP) is 2.45. The van der Waals surface area contributed by atoms with E-state index in [1.165, 1.54) is 0 Å². The van der Waals surface area contributed by atoms with E-state index in [0.29, 0.717) is 24.7 Å². The average Bonchev–Trinajstić information content (AvgIpc) is 3.16.